The average molecular weight is 512 g/mol. The number of carbonyl (C=O) groups is 2. The van der Waals surface area contributed by atoms with Crippen molar-refractivity contribution in [2.24, 2.45) is 5.92 Å². The molecule has 9 heteroatoms. The van der Waals surface area contributed by atoms with Crippen LogP contribution >= 0.6 is 0 Å². The molecule has 200 valence electrons. The van der Waals surface area contributed by atoms with Crippen molar-refractivity contribution in [3.05, 3.63) is 45.6 Å². The number of fused-ring (bicyclic) bond motifs is 3. The van der Waals surface area contributed by atoms with E-state index in [0.717, 1.165) is 23.1 Å². The summed E-state index contributed by atoms with van der Waals surface area (Å²) in [5, 5.41) is 8.82. The number of nitrogens with one attached hydrogen (secondary N) is 3. The number of carbonyl (C=O) groups excluding carboxylic acids is 2. The molecule has 2 aromatic carbocycles. The Hall–Kier alpha value is -3.75. The van der Waals surface area contributed by atoms with Crippen LogP contribution in [0.15, 0.2) is 29.1 Å². The summed E-state index contributed by atoms with van der Waals surface area (Å²) in [6.07, 6.45) is 2.07. The Labute approximate surface area is 217 Å². The quantitative estimate of drug-likeness (QED) is 0.448. The molecular formula is C28H37N3O6. The van der Waals surface area contributed by atoms with Crippen LogP contribution in [-0.2, 0) is 16.0 Å². The normalized spacial score (nSPS) is 14.1. The fraction of sp³-hybridized carbons (Fsp3) is 0.464. The van der Waals surface area contributed by atoms with E-state index in [1.807, 2.05) is 12.1 Å². The summed E-state index contributed by atoms with van der Waals surface area (Å²) >= 11 is 0. The van der Waals surface area contributed by atoms with E-state index < -0.39 is 6.04 Å². The van der Waals surface area contributed by atoms with Gasteiger partial charge in [0.2, 0.25) is 23.0 Å². The fourth-order valence-corrected chi connectivity index (χ4v) is 4.59. The van der Waals surface area contributed by atoms with Gasteiger partial charge >= 0.3 is 0 Å². The smallest absolute Gasteiger partial charge is 0.239 e. The van der Waals surface area contributed by atoms with Crippen LogP contribution in [0, 0.1) is 5.92 Å². The highest BCUT2D eigenvalue weighted by molar-refractivity contribution is 5.84. The maximum atomic E-state index is 13.3. The molecule has 0 spiro atoms. The summed E-state index contributed by atoms with van der Waals surface area (Å²) in [5.74, 6) is 1.57. The molecule has 0 fully saturated rings. The first-order valence-corrected chi connectivity index (χ1v) is 12.5. The van der Waals surface area contributed by atoms with E-state index in [1.54, 1.807) is 27.4 Å². The predicted octanol–water partition coefficient (Wildman–Crippen LogP) is 3.44. The highest BCUT2D eigenvalue weighted by Crippen LogP contribution is 2.50. The minimum Gasteiger partial charge on any atom is -0.493 e. The van der Waals surface area contributed by atoms with Gasteiger partial charge in [0.05, 0.1) is 39.6 Å². The number of hydrogen-bond acceptors (Lipinski definition) is 7. The third kappa shape index (κ3) is 6.53. The number of amides is 2. The molecule has 3 rings (SSSR count). The molecular weight excluding hydrogens is 474 g/mol. The molecule has 1 atom stereocenters. The molecule has 2 aromatic rings. The van der Waals surface area contributed by atoms with Gasteiger partial charge in [0.25, 0.3) is 0 Å². The van der Waals surface area contributed by atoms with Gasteiger partial charge in [-0.3, -0.25) is 14.4 Å². The molecule has 1 aliphatic carbocycles. The van der Waals surface area contributed by atoms with Gasteiger partial charge in [0.15, 0.2) is 11.5 Å². The summed E-state index contributed by atoms with van der Waals surface area (Å²) < 4.78 is 17.0. The Balaban J connectivity index is 2.10. The highest BCUT2D eigenvalue weighted by Gasteiger charge is 2.29. The molecule has 3 N–H and O–H groups in total. The molecule has 9 nitrogen and oxygen atoms in total. The van der Waals surface area contributed by atoms with Gasteiger partial charge in [0.1, 0.15) is 0 Å². The van der Waals surface area contributed by atoms with Crippen molar-refractivity contribution >= 4 is 17.5 Å². The summed E-state index contributed by atoms with van der Waals surface area (Å²) in [5.41, 5.74) is 3.12. The van der Waals surface area contributed by atoms with Crippen LogP contribution < -0.4 is 35.6 Å². The summed E-state index contributed by atoms with van der Waals surface area (Å²) in [6, 6.07) is 6.53. The van der Waals surface area contributed by atoms with Crippen LogP contribution in [0.1, 0.15) is 50.8 Å². The maximum Gasteiger partial charge on any atom is 0.239 e. The van der Waals surface area contributed by atoms with E-state index in [1.165, 1.54) is 13.0 Å². The zero-order chi connectivity index (χ0) is 27.1. The van der Waals surface area contributed by atoms with Crippen LogP contribution in [-0.4, -0.2) is 46.2 Å². The standard InChI is InChI=1S/C28H37N3O6/c1-16(2)11-12-29-25(34)15-30-22-10-8-19-20(14-23(22)33)21(31-17(3)32)9-7-18-13-24(35-4)27(36-5)28(37-6)26(18)19/h8,10,13-14,16,21H,7,9,11-12,15H2,1-6H3,(H,29,34)(H,30,33)(H,31,32)/t21-/m0/s1. The first kappa shape index (κ1) is 27.8. The Kier molecular flexibility index (Phi) is 9.38. The van der Waals surface area contributed by atoms with Gasteiger partial charge in [-0.2, -0.15) is 0 Å². The topological polar surface area (TPSA) is 115 Å². The molecule has 0 aromatic heterocycles. The van der Waals surface area contributed by atoms with Crippen molar-refractivity contribution in [3.8, 4) is 28.4 Å². The number of rotatable bonds is 10. The molecule has 0 saturated carbocycles. The van der Waals surface area contributed by atoms with Crippen LogP contribution in [0.25, 0.3) is 11.1 Å². The van der Waals surface area contributed by atoms with Gasteiger partial charge in [-0.25, -0.2) is 0 Å². The Morgan fingerprint density at radius 1 is 1.05 bits per heavy atom. The van der Waals surface area contributed by atoms with E-state index in [-0.39, 0.29) is 29.5 Å². The highest BCUT2D eigenvalue weighted by atomic mass is 16.5. The molecule has 37 heavy (non-hydrogen) atoms. The first-order chi connectivity index (χ1) is 17.7. The zero-order valence-corrected chi connectivity index (χ0v) is 22.4. The van der Waals surface area contributed by atoms with Crippen molar-refractivity contribution in [2.75, 3.05) is 39.7 Å². The minimum atomic E-state index is -0.395. The second kappa shape index (κ2) is 12.5. The van der Waals surface area contributed by atoms with Gasteiger partial charge in [0, 0.05) is 19.0 Å². The SMILES string of the molecule is COc1cc2c(c(OC)c1OC)-c1ccc(NCC(=O)NCCC(C)C)c(=O)cc1[C@@H](NC(C)=O)CC2. The molecule has 2 amide bonds. The Morgan fingerprint density at radius 3 is 2.41 bits per heavy atom. The second-order valence-corrected chi connectivity index (χ2v) is 9.48. The second-order valence-electron chi connectivity index (χ2n) is 9.48. The number of anilines is 1. The van der Waals surface area contributed by atoms with E-state index in [0.29, 0.717) is 48.1 Å². The maximum absolute atomic E-state index is 13.3. The number of ether oxygens (including phenoxy) is 3. The lowest BCUT2D eigenvalue weighted by atomic mass is 9.95. The van der Waals surface area contributed by atoms with Crippen molar-refractivity contribution in [3.63, 3.8) is 0 Å². The molecule has 1 aliphatic rings. The zero-order valence-electron chi connectivity index (χ0n) is 22.4. The molecule has 0 saturated heterocycles. The predicted molar refractivity (Wildman–Crippen MR) is 144 cm³/mol. The van der Waals surface area contributed by atoms with E-state index >= 15 is 0 Å². The van der Waals surface area contributed by atoms with E-state index in [9.17, 15) is 14.4 Å². The summed E-state index contributed by atoms with van der Waals surface area (Å²) in [7, 11) is 4.66. The molecule has 0 bridgehead atoms. The first-order valence-electron chi connectivity index (χ1n) is 12.5. The fourth-order valence-electron chi connectivity index (χ4n) is 4.59. The minimum absolute atomic E-state index is 0.0257. The van der Waals surface area contributed by atoms with Crippen LogP contribution in [0.5, 0.6) is 17.2 Å². The van der Waals surface area contributed by atoms with Crippen LogP contribution in [0.4, 0.5) is 5.69 Å². The molecule has 0 radical (unpaired) electrons. The van der Waals surface area contributed by atoms with E-state index in [4.69, 9.17) is 14.2 Å². The monoisotopic (exact) mass is 511 g/mol. The Bertz CT molecular complexity index is 1210. The summed E-state index contributed by atoms with van der Waals surface area (Å²) in [4.78, 5) is 37.6. The van der Waals surface area contributed by atoms with Crippen molar-refractivity contribution < 1.29 is 23.8 Å². The summed E-state index contributed by atoms with van der Waals surface area (Å²) in [6.45, 7) is 6.20. The number of hydrogen-bond donors (Lipinski definition) is 3. The third-order valence-corrected chi connectivity index (χ3v) is 6.40. The lowest BCUT2D eigenvalue weighted by Crippen LogP contribution is -2.32. The van der Waals surface area contributed by atoms with Gasteiger partial charge in [-0.1, -0.05) is 19.9 Å². The Morgan fingerprint density at radius 2 is 1.78 bits per heavy atom. The van der Waals surface area contributed by atoms with Gasteiger partial charge < -0.3 is 30.2 Å². The van der Waals surface area contributed by atoms with Crippen molar-refractivity contribution in [1.82, 2.24) is 10.6 Å². The number of methoxy groups -OCH3 is 3. The largest absolute Gasteiger partial charge is 0.493 e. The van der Waals surface area contributed by atoms with Crippen LogP contribution in [0.2, 0.25) is 0 Å². The van der Waals surface area contributed by atoms with Crippen molar-refractivity contribution in [2.45, 2.75) is 46.1 Å². The van der Waals surface area contributed by atoms with E-state index in [2.05, 4.69) is 29.8 Å². The molecule has 0 heterocycles. The van der Waals surface area contributed by atoms with Crippen LogP contribution in [0.3, 0.4) is 0 Å². The van der Waals surface area contributed by atoms with Gasteiger partial charge in [-0.15, -0.1) is 0 Å². The lowest BCUT2D eigenvalue weighted by molar-refractivity contribution is -0.120. The number of aryl methyl sites for hydroxylation is 1. The third-order valence-electron chi connectivity index (χ3n) is 6.40. The molecule has 0 aliphatic heterocycles. The van der Waals surface area contributed by atoms with Crippen molar-refractivity contribution in [1.29, 1.82) is 0 Å². The average Bonchev–Trinajstić information content (AvgIpc) is 3.09. The van der Waals surface area contributed by atoms with Gasteiger partial charge in [-0.05, 0) is 60.1 Å². The lowest BCUT2D eigenvalue weighted by Gasteiger charge is -2.19. The molecule has 0 unspecified atom stereocenters. The number of benzene rings is 1.